The summed E-state index contributed by atoms with van der Waals surface area (Å²) < 4.78 is 18.6. The number of nitrogens with one attached hydrogen (secondary N) is 1. The Bertz CT molecular complexity index is 1510. The molecule has 8 nitrogen and oxygen atoms in total. The molecule has 5 N–H and O–H groups in total. The minimum atomic E-state index is -0.754. The molecule has 0 unspecified atom stereocenters. The molecule has 0 aliphatic carbocycles. The van der Waals surface area contributed by atoms with Crippen molar-refractivity contribution >= 4 is 17.7 Å². The van der Waals surface area contributed by atoms with E-state index < -0.39 is 11.8 Å². The van der Waals surface area contributed by atoms with E-state index in [-0.39, 0.29) is 35.3 Å². The van der Waals surface area contributed by atoms with Gasteiger partial charge in [-0.3, -0.25) is 19.4 Å². The fourth-order valence-corrected chi connectivity index (χ4v) is 4.61. The average Bonchev–Trinajstić information content (AvgIpc) is 3.44. The van der Waals surface area contributed by atoms with Crippen molar-refractivity contribution in [1.29, 1.82) is 0 Å². The van der Waals surface area contributed by atoms with E-state index >= 15 is 0 Å². The predicted molar refractivity (Wildman–Crippen MR) is 149 cm³/mol. The second kappa shape index (κ2) is 12.4. The normalized spacial score (nSPS) is 11.0. The highest BCUT2D eigenvalue weighted by Crippen LogP contribution is 2.33. The molecule has 40 heavy (non-hydrogen) atoms. The van der Waals surface area contributed by atoms with E-state index in [1.165, 1.54) is 18.4 Å². The van der Waals surface area contributed by atoms with Crippen LogP contribution in [-0.2, 0) is 25.8 Å². The third kappa shape index (κ3) is 6.61. The zero-order valence-electron chi connectivity index (χ0n) is 22.4. The Hall–Kier alpha value is -4.79. The summed E-state index contributed by atoms with van der Waals surface area (Å²) in [6.45, 7) is 4.20. The number of nitrogens with zero attached hydrogens (tertiary/aromatic N) is 1. The zero-order valence-corrected chi connectivity index (χ0v) is 22.4. The van der Waals surface area contributed by atoms with Gasteiger partial charge in [0, 0.05) is 11.1 Å². The minimum Gasteiger partial charge on any atom is -0.467 e. The number of primary amides is 2. The summed E-state index contributed by atoms with van der Waals surface area (Å²) in [4.78, 5) is 43.0. The fraction of sp³-hybridized carbons (Fsp3) is 0.226. The van der Waals surface area contributed by atoms with Crippen LogP contribution in [0.15, 0.2) is 71.3 Å². The van der Waals surface area contributed by atoms with Crippen molar-refractivity contribution < 1.29 is 23.2 Å². The van der Waals surface area contributed by atoms with Crippen LogP contribution >= 0.6 is 0 Å². The SMILES string of the molecule is CC(C)Cc1nc(CCc2ccc(F)cc2)c(C(N)=O)c(-c2ccc(C(=O)NCc3ccco3)cc2)c1C(N)=O. The maximum Gasteiger partial charge on any atom is 0.251 e. The number of pyridine rings is 1. The van der Waals surface area contributed by atoms with Crippen LogP contribution in [0.3, 0.4) is 0 Å². The first-order chi connectivity index (χ1) is 19.1. The lowest BCUT2D eigenvalue weighted by Crippen LogP contribution is -2.25. The average molecular weight is 543 g/mol. The molecule has 2 heterocycles. The molecular formula is C31H31FN4O4. The predicted octanol–water partition coefficient (Wildman–Crippen LogP) is 4.59. The number of carbonyl (C=O) groups is 3. The van der Waals surface area contributed by atoms with Gasteiger partial charge in [0.05, 0.1) is 35.3 Å². The van der Waals surface area contributed by atoms with Crippen LogP contribution in [0, 0.1) is 11.7 Å². The molecule has 9 heteroatoms. The number of halogens is 1. The summed E-state index contributed by atoms with van der Waals surface area (Å²) in [5, 5.41) is 2.78. The van der Waals surface area contributed by atoms with Gasteiger partial charge in [0.1, 0.15) is 11.6 Å². The number of rotatable bonds is 11. The first-order valence-electron chi connectivity index (χ1n) is 12.9. The number of hydrogen-bond donors (Lipinski definition) is 3. The summed E-state index contributed by atoms with van der Waals surface area (Å²) in [5.41, 5.74) is 14.9. The first-order valence-corrected chi connectivity index (χ1v) is 12.9. The van der Waals surface area contributed by atoms with E-state index in [0.29, 0.717) is 53.1 Å². The lowest BCUT2D eigenvalue weighted by Gasteiger charge is -2.20. The molecule has 0 saturated heterocycles. The second-order valence-corrected chi connectivity index (χ2v) is 9.92. The van der Waals surface area contributed by atoms with Crippen LogP contribution in [0.1, 0.15) is 67.6 Å². The van der Waals surface area contributed by atoms with E-state index in [0.717, 1.165) is 5.56 Å². The lowest BCUT2D eigenvalue weighted by molar-refractivity contribution is 0.0945. The maximum atomic E-state index is 13.4. The number of furan rings is 1. The Morgan fingerprint density at radius 3 is 2.12 bits per heavy atom. The highest BCUT2D eigenvalue weighted by Gasteiger charge is 2.27. The molecule has 0 bridgehead atoms. The van der Waals surface area contributed by atoms with Crippen molar-refractivity contribution in [1.82, 2.24) is 10.3 Å². The molecule has 4 aromatic rings. The smallest absolute Gasteiger partial charge is 0.251 e. The van der Waals surface area contributed by atoms with Crippen molar-refractivity contribution in [3.8, 4) is 11.1 Å². The topological polar surface area (TPSA) is 141 Å². The van der Waals surface area contributed by atoms with Crippen molar-refractivity contribution in [3.05, 3.63) is 112 Å². The van der Waals surface area contributed by atoms with Crippen molar-refractivity contribution in [2.45, 2.75) is 39.7 Å². The van der Waals surface area contributed by atoms with Gasteiger partial charge in [-0.2, -0.15) is 0 Å². The van der Waals surface area contributed by atoms with Crippen LogP contribution in [0.2, 0.25) is 0 Å². The van der Waals surface area contributed by atoms with Gasteiger partial charge in [-0.1, -0.05) is 38.1 Å². The molecule has 3 amide bonds. The highest BCUT2D eigenvalue weighted by atomic mass is 19.1. The molecule has 0 fully saturated rings. The molecule has 0 aliphatic heterocycles. The largest absolute Gasteiger partial charge is 0.467 e. The van der Waals surface area contributed by atoms with Crippen LogP contribution in [0.5, 0.6) is 0 Å². The van der Waals surface area contributed by atoms with Gasteiger partial charge in [0.2, 0.25) is 0 Å². The van der Waals surface area contributed by atoms with Gasteiger partial charge < -0.3 is 21.2 Å². The Labute approximate surface area is 231 Å². The Morgan fingerprint density at radius 2 is 1.55 bits per heavy atom. The standard InChI is InChI=1S/C31H31FN4O4/c1-18(2)16-25-28(30(34)38)26(20-8-10-21(11-9-20)31(39)35-17-23-4-3-15-40-23)27(29(33)37)24(36-25)14-7-19-5-12-22(32)13-6-19/h3-6,8-13,15,18H,7,14,16-17H2,1-2H3,(H2,33,37)(H2,34,38)(H,35,39). The van der Waals surface area contributed by atoms with Gasteiger partial charge >= 0.3 is 0 Å². The first kappa shape index (κ1) is 28.2. The molecule has 0 aliphatic rings. The molecule has 0 saturated carbocycles. The fourth-order valence-electron chi connectivity index (χ4n) is 4.61. The van der Waals surface area contributed by atoms with Crippen molar-refractivity contribution in [2.24, 2.45) is 17.4 Å². The lowest BCUT2D eigenvalue weighted by atomic mass is 9.87. The summed E-state index contributed by atoms with van der Waals surface area (Å²) in [5.74, 6) is -1.39. The molecule has 0 spiro atoms. The van der Waals surface area contributed by atoms with Gasteiger partial charge in [-0.05, 0) is 72.7 Å². The number of nitrogens with two attached hydrogens (primary N) is 2. The van der Waals surface area contributed by atoms with E-state index in [4.69, 9.17) is 20.9 Å². The molecule has 2 aromatic carbocycles. The summed E-state index contributed by atoms with van der Waals surface area (Å²) in [6.07, 6.45) is 2.77. The van der Waals surface area contributed by atoms with E-state index in [9.17, 15) is 18.8 Å². The molecule has 0 atom stereocenters. The highest BCUT2D eigenvalue weighted by molar-refractivity contribution is 6.09. The second-order valence-electron chi connectivity index (χ2n) is 9.92. The molecule has 2 aromatic heterocycles. The third-order valence-electron chi connectivity index (χ3n) is 6.44. The summed E-state index contributed by atoms with van der Waals surface area (Å²) in [6, 6.07) is 16.1. The van der Waals surface area contributed by atoms with Crippen LogP contribution in [-0.4, -0.2) is 22.7 Å². The Morgan fingerprint density at radius 1 is 0.900 bits per heavy atom. The molecular weight excluding hydrogens is 511 g/mol. The maximum absolute atomic E-state index is 13.4. The van der Waals surface area contributed by atoms with Gasteiger partial charge in [-0.25, -0.2) is 4.39 Å². The minimum absolute atomic E-state index is 0.0958. The number of benzene rings is 2. The molecule has 4 rings (SSSR count). The van der Waals surface area contributed by atoms with Gasteiger partial charge in [0.15, 0.2) is 0 Å². The van der Waals surface area contributed by atoms with E-state index in [1.807, 2.05) is 13.8 Å². The Kier molecular flexibility index (Phi) is 8.73. The number of hydrogen-bond acceptors (Lipinski definition) is 5. The van der Waals surface area contributed by atoms with Gasteiger partial charge in [0.25, 0.3) is 17.7 Å². The monoisotopic (exact) mass is 542 g/mol. The van der Waals surface area contributed by atoms with Crippen LogP contribution in [0.4, 0.5) is 4.39 Å². The number of aryl methyl sites for hydroxylation is 2. The number of amides is 3. The third-order valence-corrected chi connectivity index (χ3v) is 6.44. The number of aromatic nitrogens is 1. The van der Waals surface area contributed by atoms with Crippen LogP contribution in [0.25, 0.3) is 11.1 Å². The molecule has 206 valence electrons. The summed E-state index contributed by atoms with van der Waals surface area (Å²) in [7, 11) is 0. The summed E-state index contributed by atoms with van der Waals surface area (Å²) >= 11 is 0. The quantitative estimate of drug-likeness (QED) is 0.254. The van der Waals surface area contributed by atoms with Crippen LogP contribution < -0.4 is 16.8 Å². The van der Waals surface area contributed by atoms with Crippen molar-refractivity contribution in [2.75, 3.05) is 0 Å². The van der Waals surface area contributed by atoms with Crippen molar-refractivity contribution in [3.63, 3.8) is 0 Å². The molecule has 0 radical (unpaired) electrons. The zero-order chi connectivity index (χ0) is 28.8. The van der Waals surface area contributed by atoms with E-state index in [2.05, 4.69) is 5.32 Å². The van der Waals surface area contributed by atoms with E-state index in [1.54, 1.807) is 48.5 Å². The number of carbonyl (C=O) groups excluding carboxylic acids is 3. The Balaban J connectivity index is 1.77. The van der Waals surface area contributed by atoms with Gasteiger partial charge in [-0.15, -0.1) is 0 Å².